The van der Waals surface area contributed by atoms with E-state index in [2.05, 4.69) is 17.0 Å². The first-order valence-electron chi connectivity index (χ1n) is 6.91. The van der Waals surface area contributed by atoms with E-state index >= 15 is 0 Å². The molecule has 2 N–H and O–H groups in total. The maximum Gasteiger partial charge on any atom is 0.161 e. The number of fused-ring (bicyclic) bond motifs is 1. The molecule has 4 heteroatoms. The molecule has 0 saturated heterocycles. The molecule has 1 saturated carbocycles. The average molecular weight is 262 g/mol. The Morgan fingerprint density at radius 2 is 1.79 bits per heavy atom. The molecule has 19 heavy (non-hydrogen) atoms. The maximum absolute atomic E-state index is 5.93. The van der Waals surface area contributed by atoms with Gasteiger partial charge in [0.05, 0.1) is 14.2 Å². The second kappa shape index (κ2) is 4.69. The lowest BCUT2D eigenvalue weighted by Gasteiger charge is -2.35. The Balaban J connectivity index is 1.88. The van der Waals surface area contributed by atoms with Crippen LogP contribution in [0.25, 0.3) is 0 Å². The normalized spacial score (nSPS) is 20.8. The molecule has 4 nitrogen and oxygen atoms in total. The van der Waals surface area contributed by atoms with Crippen molar-refractivity contribution in [2.45, 2.75) is 31.3 Å². The SMILES string of the molecule is COc1cc2c(cc1OC)CN(C1(CN)CC1)CC2. The largest absolute Gasteiger partial charge is 0.493 e. The lowest BCUT2D eigenvalue weighted by molar-refractivity contribution is 0.163. The number of nitrogens with zero attached hydrogens (tertiary/aromatic N) is 1. The molecule has 1 aliphatic heterocycles. The van der Waals surface area contributed by atoms with Crippen LogP contribution in [0.2, 0.25) is 0 Å². The van der Waals surface area contributed by atoms with E-state index in [-0.39, 0.29) is 5.54 Å². The smallest absolute Gasteiger partial charge is 0.161 e. The average Bonchev–Trinajstić information content (AvgIpc) is 3.26. The molecule has 0 amide bonds. The number of hydrogen-bond acceptors (Lipinski definition) is 4. The number of nitrogens with two attached hydrogens (primary N) is 1. The summed E-state index contributed by atoms with van der Waals surface area (Å²) in [6.07, 6.45) is 3.55. The minimum Gasteiger partial charge on any atom is -0.493 e. The second-order valence-electron chi connectivity index (χ2n) is 5.58. The number of rotatable bonds is 4. The molecule has 0 unspecified atom stereocenters. The number of benzene rings is 1. The molecule has 0 bridgehead atoms. The van der Waals surface area contributed by atoms with Crippen molar-refractivity contribution in [1.82, 2.24) is 4.90 Å². The lowest BCUT2D eigenvalue weighted by Crippen LogP contribution is -2.45. The van der Waals surface area contributed by atoms with Crippen LogP contribution in [0.5, 0.6) is 11.5 Å². The highest BCUT2D eigenvalue weighted by Gasteiger charge is 2.47. The molecule has 0 atom stereocenters. The van der Waals surface area contributed by atoms with Gasteiger partial charge in [-0.1, -0.05) is 0 Å². The molecule has 1 aromatic rings. The van der Waals surface area contributed by atoms with Crippen LogP contribution < -0.4 is 15.2 Å². The van der Waals surface area contributed by atoms with Gasteiger partial charge in [0.2, 0.25) is 0 Å². The first-order valence-corrected chi connectivity index (χ1v) is 6.91. The topological polar surface area (TPSA) is 47.7 Å². The summed E-state index contributed by atoms with van der Waals surface area (Å²) >= 11 is 0. The summed E-state index contributed by atoms with van der Waals surface area (Å²) in [5.74, 6) is 1.65. The molecule has 104 valence electrons. The van der Waals surface area contributed by atoms with Crippen molar-refractivity contribution in [3.63, 3.8) is 0 Å². The molecule has 3 rings (SSSR count). The van der Waals surface area contributed by atoms with E-state index in [9.17, 15) is 0 Å². The first-order chi connectivity index (χ1) is 9.22. The predicted molar refractivity (Wildman–Crippen MR) is 74.7 cm³/mol. The summed E-state index contributed by atoms with van der Waals surface area (Å²) in [6.45, 7) is 2.85. The van der Waals surface area contributed by atoms with Gasteiger partial charge in [0.15, 0.2) is 11.5 Å². The predicted octanol–water partition coefficient (Wildman–Crippen LogP) is 1.55. The lowest BCUT2D eigenvalue weighted by atomic mass is 9.97. The summed E-state index contributed by atoms with van der Waals surface area (Å²) in [7, 11) is 3.38. The molecular formula is C15H22N2O2. The van der Waals surface area contributed by atoms with E-state index in [0.29, 0.717) is 0 Å². The quantitative estimate of drug-likeness (QED) is 0.894. The van der Waals surface area contributed by atoms with E-state index in [4.69, 9.17) is 15.2 Å². The molecular weight excluding hydrogens is 240 g/mol. The summed E-state index contributed by atoms with van der Waals surface area (Å²) in [4.78, 5) is 2.54. The van der Waals surface area contributed by atoms with E-state index in [1.54, 1.807) is 14.2 Å². The third kappa shape index (κ3) is 2.09. The van der Waals surface area contributed by atoms with Crippen LogP contribution >= 0.6 is 0 Å². The van der Waals surface area contributed by atoms with Gasteiger partial charge in [-0.05, 0) is 42.5 Å². The standard InChI is InChI=1S/C15H22N2O2/c1-18-13-7-11-3-6-17(15(10-16)4-5-15)9-12(11)8-14(13)19-2/h7-8H,3-6,9-10,16H2,1-2H3. The van der Waals surface area contributed by atoms with Crippen molar-refractivity contribution in [3.8, 4) is 11.5 Å². The fraction of sp³-hybridized carbons (Fsp3) is 0.600. The third-order valence-corrected chi connectivity index (χ3v) is 4.60. The Bertz CT molecular complexity index is 483. The van der Waals surface area contributed by atoms with Crippen molar-refractivity contribution in [2.75, 3.05) is 27.3 Å². The number of methoxy groups -OCH3 is 2. The van der Waals surface area contributed by atoms with Gasteiger partial charge in [-0.25, -0.2) is 0 Å². The minimum absolute atomic E-state index is 0.283. The van der Waals surface area contributed by atoms with Crippen LogP contribution in [0.4, 0.5) is 0 Å². The van der Waals surface area contributed by atoms with Crippen LogP contribution in [0.1, 0.15) is 24.0 Å². The van der Waals surface area contributed by atoms with Crippen LogP contribution in [0, 0.1) is 0 Å². The monoisotopic (exact) mass is 262 g/mol. The highest BCUT2D eigenvalue weighted by atomic mass is 16.5. The zero-order valence-corrected chi connectivity index (χ0v) is 11.7. The van der Waals surface area contributed by atoms with E-state index in [1.807, 2.05) is 0 Å². The van der Waals surface area contributed by atoms with Crippen molar-refractivity contribution in [2.24, 2.45) is 5.73 Å². The zero-order chi connectivity index (χ0) is 13.5. The van der Waals surface area contributed by atoms with Crippen molar-refractivity contribution in [3.05, 3.63) is 23.3 Å². The van der Waals surface area contributed by atoms with Gasteiger partial charge in [-0.3, -0.25) is 4.90 Å². The summed E-state index contributed by atoms with van der Waals surface area (Å²) < 4.78 is 10.8. The molecule has 1 fully saturated rings. The van der Waals surface area contributed by atoms with Gasteiger partial charge in [0, 0.05) is 25.2 Å². The van der Waals surface area contributed by atoms with E-state index in [0.717, 1.165) is 37.6 Å². The van der Waals surface area contributed by atoms with Crippen LogP contribution in [0.15, 0.2) is 12.1 Å². The first kappa shape index (κ1) is 12.8. The molecule has 2 aliphatic rings. The van der Waals surface area contributed by atoms with Crippen LogP contribution in [0.3, 0.4) is 0 Å². The molecule has 0 aromatic heterocycles. The Labute approximate surface area is 114 Å². The summed E-state index contributed by atoms with van der Waals surface area (Å²) in [6, 6.07) is 4.24. The van der Waals surface area contributed by atoms with Gasteiger partial charge in [-0.15, -0.1) is 0 Å². The highest BCUT2D eigenvalue weighted by molar-refractivity contribution is 5.48. The van der Waals surface area contributed by atoms with Crippen molar-refractivity contribution < 1.29 is 9.47 Å². The van der Waals surface area contributed by atoms with Crippen molar-refractivity contribution in [1.29, 1.82) is 0 Å². The van der Waals surface area contributed by atoms with Gasteiger partial charge < -0.3 is 15.2 Å². The Morgan fingerprint density at radius 1 is 1.16 bits per heavy atom. The van der Waals surface area contributed by atoms with E-state index < -0.39 is 0 Å². The van der Waals surface area contributed by atoms with Gasteiger partial charge in [0.25, 0.3) is 0 Å². The molecule has 0 radical (unpaired) electrons. The molecule has 0 spiro atoms. The minimum atomic E-state index is 0.283. The number of hydrogen-bond donors (Lipinski definition) is 1. The summed E-state index contributed by atoms with van der Waals surface area (Å²) in [5, 5.41) is 0. The fourth-order valence-electron chi connectivity index (χ4n) is 3.08. The molecule has 1 aliphatic carbocycles. The maximum atomic E-state index is 5.93. The highest BCUT2D eigenvalue weighted by Crippen LogP contribution is 2.44. The summed E-state index contributed by atoms with van der Waals surface area (Å²) in [5.41, 5.74) is 8.94. The van der Waals surface area contributed by atoms with Gasteiger partial charge in [0.1, 0.15) is 0 Å². The molecule has 1 aromatic carbocycles. The van der Waals surface area contributed by atoms with Crippen LogP contribution in [-0.4, -0.2) is 37.7 Å². The Morgan fingerprint density at radius 3 is 2.32 bits per heavy atom. The van der Waals surface area contributed by atoms with E-state index in [1.165, 1.54) is 24.0 Å². The number of ether oxygens (including phenoxy) is 2. The Hall–Kier alpha value is -1.26. The second-order valence-corrected chi connectivity index (χ2v) is 5.58. The zero-order valence-electron chi connectivity index (χ0n) is 11.7. The fourth-order valence-corrected chi connectivity index (χ4v) is 3.08. The molecule has 1 heterocycles. The van der Waals surface area contributed by atoms with Gasteiger partial charge in [-0.2, -0.15) is 0 Å². The van der Waals surface area contributed by atoms with Crippen LogP contribution in [-0.2, 0) is 13.0 Å². The van der Waals surface area contributed by atoms with Crippen molar-refractivity contribution >= 4 is 0 Å². The Kier molecular flexibility index (Phi) is 3.15. The van der Waals surface area contributed by atoms with Gasteiger partial charge >= 0.3 is 0 Å². The third-order valence-electron chi connectivity index (χ3n) is 4.60.